The number of hydrogen-bond acceptors (Lipinski definition) is 1. The van der Waals surface area contributed by atoms with Crippen molar-refractivity contribution in [2.45, 2.75) is 26.2 Å². The average molecular weight is 156 g/mol. The van der Waals surface area contributed by atoms with Crippen molar-refractivity contribution in [2.24, 2.45) is 0 Å². The zero-order valence-electron chi connectivity index (χ0n) is 8.22. The van der Waals surface area contributed by atoms with Gasteiger partial charge in [-0.15, -0.1) is 5.75 Å². The SMILES string of the molecule is CC(C)(C)c1ccccc1[O-].[Li+]. The van der Waals surface area contributed by atoms with Crippen LogP contribution >= 0.6 is 0 Å². The number of para-hydroxylation sites is 1. The molecule has 0 bridgehead atoms. The van der Waals surface area contributed by atoms with Crippen LogP contribution in [0, 0.1) is 0 Å². The zero-order valence-corrected chi connectivity index (χ0v) is 8.22. The number of hydrogen-bond donors (Lipinski definition) is 0. The van der Waals surface area contributed by atoms with Crippen molar-refractivity contribution in [1.29, 1.82) is 0 Å². The van der Waals surface area contributed by atoms with Gasteiger partial charge in [0.1, 0.15) is 0 Å². The minimum atomic E-state index is -0.0294. The van der Waals surface area contributed by atoms with Crippen LogP contribution in [0.15, 0.2) is 24.3 Å². The van der Waals surface area contributed by atoms with Crippen LogP contribution in [-0.4, -0.2) is 0 Å². The van der Waals surface area contributed by atoms with E-state index in [-0.39, 0.29) is 30.0 Å². The van der Waals surface area contributed by atoms with Gasteiger partial charge in [0.25, 0.3) is 0 Å². The molecule has 0 radical (unpaired) electrons. The van der Waals surface area contributed by atoms with E-state index in [0.29, 0.717) is 0 Å². The Balaban J connectivity index is 0.00000121. The van der Waals surface area contributed by atoms with Gasteiger partial charge in [-0.3, -0.25) is 0 Å². The van der Waals surface area contributed by atoms with Crippen LogP contribution in [0.25, 0.3) is 0 Å². The zero-order chi connectivity index (χ0) is 8.48. The first-order valence-corrected chi connectivity index (χ1v) is 3.78. The van der Waals surface area contributed by atoms with Crippen LogP contribution in [0.4, 0.5) is 0 Å². The van der Waals surface area contributed by atoms with Crippen LogP contribution in [0.3, 0.4) is 0 Å². The molecule has 2 heteroatoms. The molecule has 0 saturated carbocycles. The fourth-order valence-corrected chi connectivity index (χ4v) is 1.09. The average Bonchev–Trinajstić information content (AvgIpc) is 1.86. The maximum atomic E-state index is 11.3. The van der Waals surface area contributed by atoms with Gasteiger partial charge in [-0.2, -0.15) is 0 Å². The summed E-state index contributed by atoms with van der Waals surface area (Å²) in [6.45, 7) is 6.14. The fourth-order valence-electron chi connectivity index (χ4n) is 1.09. The van der Waals surface area contributed by atoms with Gasteiger partial charge >= 0.3 is 18.9 Å². The third-order valence-electron chi connectivity index (χ3n) is 1.70. The Hall–Kier alpha value is -0.383. The maximum absolute atomic E-state index is 11.3. The molecule has 12 heavy (non-hydrogen) atoms. The molecule has 0 aromatic heterocycles. The van der Waals surface area contributed by atoms with Crippen LogP contribution in [0.1, 0.15) is 26.3 Å². The minimum absolute atomic E-state index is 0. The Morgan fingerprint density at radius 1 is 1.08 bits per heavy atom. The summed E-state index contributed by atoms with van der Waals surface area (Å²) >= 11 is 0. The first kappa shape index (κ1) is 11.6. The van der Waals surface area contributed by atoms with E-state index in [4.69, 9.17) is 0 Å². The molecule has 0 unspecified atom stereocenters. The summed E-state index contributed by atoms with van der Waals surface area (Å²) in [5, 5.41) is 11.3. The Morgan fingerprint density at radius 3 is 1.92 bits per heavy atom. The molecule has 0 heterocycles. The van der Waals surface area contributed by atoms with Crippen molar-refractivity contribution in [2.75, 3.05) is 0 Å². The van der Waals surface area contributed by atoms with Crippen molar-refractivity contribution in [1.82, 2.24) is 0 Å². The van der Waals surface area contributed by atoms with Gasteiger partial charge in [-0.05, 0) is 5.41 Å². The first-order chi connectivity index (χ1) is 5.02. The quantitative estimate of drug-likeness (QED) is 0.445. The third kappa shape index (κ3) is 2.59. The summed E-state index contributed by atoms with van der Waals surface area (Å²) in [7, 11) is 0. The molecule has 1 aromatic rings. The van der Waals surface area contributed by atoms with Crippen molar-refractivity contribution in [3.8, 4) is 5.75 Å². The largest absolute Gasteiger partial charge is 1.00 e. The monoisotopic (exact) mass is 156 g/mol. The molecule has 0 aliphatic carbocycles. The molecule has 0 spiro atoms. The summed E-state index contributed by atoms with van der Waals surface area (Å²) in [4.78, 5) is 0. The Bertz CT molecular complexity index is 250. The van der Waals surface area contributed by atoms with Crippen molar-refractivity contribution >= 4 is 0 Å². The minimum Gasteiger partial charge on any atom is -0.872 e. The second kappa shape index (κ2) is 4.03. The summed E-state index contributed by atoms with van der Waals surface area (Å²) in [5.74, 6) is 0.139. The van der Waals surface area contributed by atoms with Gasteiger partial charge in [-0.1, -0.05) is 50.6 Å². The molecule has 1 aromatic carbocycles. The third-order valence-corrected chi connectivity index (χ3v) is 1.70. The van der Waals surface area contributed by atoms with Gasteiger partial charge in [0.2, 0.25) is 0 Å². The van der Waals surface area contributed by atoms with Crippen molar-refractivity contribution in [3.05, 3.63) is 29.8 Å². The van der Waals surface area contributed by atoms with Crippen molar-refractivity contribution < 1.29 is 24.0 Å². The second-order valence-corrected chi connectivity index (χ2v) is 3.75. The molecule has 0 aliphatic rings. The topological polar surface area (TPSA) is 23.1 Å². The van der Waals surface area contributed by atoms with E-state index >= 15 is 0 Å². The molecule has 0 amide bonds. The van der Waals surface area contributed by atoms with Crippen molar-refractivity contribution in [3.63, 3.8) is 0 Å². The standard InChI is InChI=1S/C10H14O.Li/c1-10(2,3)8-6-4-5-7-9(8)11;/h4-7,11H,1-3H3;/q;+1/p-1. The number of benzene rings is 1. The molecule has 0 N–H and O–H groups in total. The second-order valence-electron chi connectivity index (χ2n) is 3.75. The maximum Gasteiger partial charge on any atom is 1.00 e. The first-order valence-electron chi connectivity index (χ1n) is 3.78. The number of rotatable bonds is 0. The smallest absolute Gasteiger partial charge is 0.872 e. The molecule has 1 rings (SSSR count). The predicted octanol–water partition coefficient (Wildman–Crippen LogP) is -0.938. The molecule has 1 nitrogen and oxygen atoms in total. The molecule has 0 fully saturated rings. The fraction of sp³-hybridized carbons (Fsp3) is 0.400. The molecule has 0 aliphatic heterocycles. The summed E-state index contributed by atoms with van der Waals surface area (Å²) in [5.41, 5.74) is 0.859. The van der Waals surface area contributed by atoms with Crippen LogP contribution in [0.5, 0.6) is 5.75 Å². The Morgan fingerprint density at radius 2 is 1.58 bits per heavy atom. The van der Waals surface area contributed by atoms with Gasteiger partial charge in [0.05, 0.1) is 0 Å². The Labute approximate surface area is 86.0 Å². The summed E-state index contributed by atoms with van der Waals surface area (Å²) < 4.78 is 0. The Kier molecular flexibility index (Phi) is 3.90. The summed E-state index contributed by atoms with van der Waals surface area (Å²) in [6.07, 6.45) is 0. The van der Waals surface area contributed by atoms with E-state index in [1.54, 1.807) is 12.1 Å². The summed E-state index contributed by atoms with van der Waals surface area (Å²) in [6, 6.07) is 7.18. The van der Waals surface area contributed by atoms with E-state index < -0.39 is 0 Å². The molecule has 0 atom stereocenters. The molecular formula is C10H13LiO. The van der Waals surface area contributed by atoms with Crippen LogP contribution < -0.4 is 24.0 Å². The molecular weight excluding hydrogens is 143 g/mol. The van der Waals surface area contributed by atoms with E-state index in [0.717, 1.165) is 5.56 Å². The van der Waals surface area contributed by atoms with Gasteiger partial charge in [0, 0.05) is 0 Å². The molecule has 0 saturated heterocycles. The van der Waals surface area contributed by atoms with Gasteiger partial charge in [0.15, 0.2) is 0 Å². The van der Waals surface area contributed by atoms with Crippen LogP contribution in [0.2, 0.25) is 0 Å². The van der Waals surface area contributed by atoms with E-state index in [1.165, 1.54) is 0 Å². The van der Waals surface area contributed by atoms with E-state index in [9.17, 15) is 5.11 Å². The van der Waals surface area contributed by atoms with E-state index in [1.807, 2.05) is 32.9 Å². The van der Waals surface area contributed by atoms with E-state index in [2.05, 4.69) is 0 Å². The molecule has 60 valence electrons. The predicted molar refractivity (Wildman–Crippen MR) is 44.6 cm³/mol. The van der Waals surface area contributed by atoms with Crippen LogP contribution in [-0.2, 0) is 5.41 Å². The normalized spacial score (nSPS) is 10.6. The van der Waals surface area contributed by atoms with Gasteiger partial charge < -0.3 is 5.11 Å². The van der Waals surface area contributed by atoms with Gasteiger partial charge in [-0.25, -0.2) is 0 Å².